The number of hydrogen-bond acceptors (Lipinski definition) is 2. The van der Waals surface area contributed by atoms with Gasteiger partial charge in [0.2, 0.25) is 5.91 Å². The zero-order chi connectivity index (χ0) is 10.4. The molecule has 0 bridgehead atoms. The zero-order valence-electron chi connectivity index (χ0n) is 9.14. The van der Waals surface area contributed by atoms with Crippen LogP contribution in [0.15, 0.2) is 0 Å². The number of hydrogen-bond donors (Lipinski definition) is 2. The van der Waals surface area contributed by atoms with Gasteiger partial charge in [-0.3, -0.25) is 4.79 Å². The van der Waals surface area contributed by atoms with Crippen molar-refractivity contribution in [2.75, 3.05) is 6.54 Å². The smallest absolute Gasteiger partial charge is 0.220 e. The molecule has 1 fully saturated rings. The molecule has 0 aromatic heterocycles. The SMILES string of the molecule is CCCC(=O)NC1(CN)CCCCC1. The Balaban J connectivity index is 2.47. The van der Waals surface area contributed by atoms with Crippen LogP contribution in [-0.2, 0) is 4.79 Å². The van der Waals surface area contributed by atoms with Crippen LogP contribution in [0.1, 0.15) is 51.9 Å². The highest BCUT2D eigenvalue weighted by Gasteiger charge is 2.31. The molecule has 0 atom stereocenters. The van der Waals surface area contributed by atoms with Crippen LogP contribution < -0.4 is 11.1 Å². The largest absolute Gasteiger partial charge is 0.349 e. The lowest BCUT2D eigenvalue weighted by atomic mass is 9.81. The normalized spacial score (nSPS) is 20.4. The van der Waals surface area contributed by atoms with Crippen LogP contribution in [0.25, 0.3) is 0 Å². The Kier molecular flexibility index (Phi) is 4.39. The van der Waals surface area contributed by atoms with E-state index in [0.29, 0.717) is 13.0 Å². The molecule has 0 aromatic rings. The van der Waals surface area contributed by atoms with E-state index < -0.39 is 0 Å². The first-order chi connectivity index (χ1) is 6.72. The van der Waals surface area contributed by atoms with Crippen LogP contribution in [0.4, 0.5) is 0 Å². The Labute approximate surface area is 86.4 Å². The number of amides is 1. The summed E-state index contributed by atoms with van der Waals surface area (Å²) >= 11 is 0. The van der Waals surface area contributed by atoms with Gasteiger partial charge in [-0.15, -0.1) is 0 Å². The molecule has 1 amide bonds. The molecular weight excluding hydrogens is 176 g/mol. The van der Waals surface area contributed by atoms with Crippen molar-refractivity contribution in [3.63, 3.8) is 0 Å². The monoisotopic (exact) mass is 198 g/mol. The topological polar surface area (TPSA) is 55.1 Å². The lowest BCUT2D eigenvalue weighted by Gasteiger charge is -2.37. The number of nitrogens with one attached hydrogen (secondary N) is 1. The van der Waals surface area contributed by atoms with Crippen LogP contribution >= 0.6 is 0 Å². The van der Waals surface area contributed by atoms with Gasteiger partial charge in [0.15, 0.2) is 0 Å². The van der Waals surface area contributed by atoms with Crippen molar-refractivity contribution in [1.82, 2.24) is 5.32 Å². The van der Waals surface area contributed by atoms with Gasteiger partial charge in [-0.1, -0.05) is 26.2 Å². The maximum absolute atomic E-state index is 11.5. The summed E-state index contributed by atoms with van der Waals surface area (Å²) in [6, 6.07) is 0. The third-order valence-corrected chi connectivity index (χ3v) is 3.08. The summed E-state index contributed by atoms with van der Waals surface area (Å²) in [5.41, 5.74) is 5.69. The minimum absolute atomic E-state index is 0.0789. The van der Waals surface area contributed by atoms with Crippen molar-refractivity contribution in [2.45, 2.75) is 57.4 Å². The molecule has 0 aliphatic heterocycles. The molecule has 0 unspecified atom stereocenters. The minimum atomic E-state index is -0.0789. The van der Waals surface area contributed by atoms with E-state index >= 15 is 0 Å². The third-order valence-electron chi connectivity index (χ3n) is 3.08. The lowest BCUT2D eigenvalue weighted by Crippen LogP contribution is -2.54. The standard InChI is InChI=1S/C11H22N2O/c1-2-6-10(14)13-11(9-12)7-4-3-5-8-11/h2-9,12H2,1H3,(H,13,14). The Bertz CT molecular complexity index is 186. The molecule has 1 aliphatic carbocycles. The minimum Gasteiger partial charge on any atom is -0.349 e. The number of carbonyl (C=O) groups is 1. The molecule has 82 valence electrons. The molecule has 14 heavy (non-hydrogen) atoms. The lowest BCUT2D eigenvalue weighted by molar-refractivity contribution is -0.123. The Morgan fingerprint density at radius 2 is 2.00 bits per heavy atom. The van der Waals surface area contributed by atoms with Crippen LogP contribution in [0.5, 0.6) is 0 Å². The maximum atomic E-state index is 11.5. The number of nitrogens with two attached hydrogens (primary N) is 1. The van der Waals surface area contributed by atoms with Gasteiger partial charge in [-0.2, -0.15) is 0 Å². The van der Waals surface area contributed by atoms with E-state index in [0.717, 1.165) is 19.3 Å². The second-order valence-corrected chi connectivity index (χ2v) is 4.34. The summed E-state index contributed by atoms with van der Waals surface area (Å²) in [5, 5.41) is 3.12. The molecule has 0 aromatic carbocycles. The van der Waals surface area contributed by atoms with Crippen LogP contribution in [-0.4, -0.2) is 18.0 Å². The van der Waals surface area contributed by atoms with Crippen molar-refractivity contribution >= 4 is 5.91 Å². The summed E-state index contributed by atoms with van der Waals surface area (Å²) < 4.78 is 0. The summed E-state index contributed by atoms with van der Waals surface area (Å²) in [7, 11) is 0. The number of rotatable bonds is 4. The average Bonchev–Trinajstić information content (AvgIpc) is 2.19. The van der Waals surface area contributed by atoms with Crippen molar-refractivity contribution in [3.8, 4) is 0 Å². The average molecular weight is 198 g/mol. The fourth-order valence-electron chi connectivity index (χ4n) is 2.19. The molecule has 0 saturated heterocycles. The molecule has 1 saturated carbocycles. The molecule has 3 heteroatoms. The number of carbonyl (C=O) groups excluding carboxylic acids is 1. The molecule has 0 heterocycles. The van der Waals surface area contributed by atoms with E-state index in [1.165, 1.54) is 19.3 Å². The van der Waals surface area contributed by atoms with Gasteiger partial charge >= 0.3 is 0 Å². The molecule has 3 nitrogen and oxygen atoms in total. The van der Waals surface area contributed by atoms with Gasteiger partial charge in [-0.25, -0.2) is 0 Å². The van der Waals surface area contributed by atoms with Gasteiger partial charge in [0.05, 0.1) is 5.54 Å². The van der Waals surface area contributed by atoms with Gasteiger partial charge in [0.25, 0.3) is 0 Å². The third kappa shape index (κ3) is 2.98. The molecular formula is C11H22N2O. The van der Waals surface area contributed by atoms with Crippen LogP contribution in [0, 0.1) is 0 Å². The summed E-state index contributed by atoms with van der Waals surface area (Å²) in [4.78, 5) is 11.5. The quantitative estimate of drug-likeness (QED) is 0.720. The first kappa shape index (κ1) is 11.5. The van der Waals surface area contributed by atoms with Crippen molar-refractivity contribution in [1.29, 1.82) is 0 Å². The van der Waals surface area contributed by atoms with Crippen LogP contribution in [0.2, 0.25) is 0 Å². The predicted octanol–water partition coefficient (Wildman–Crippen LogP) is 1.56. The van der Waals surface area contributed by atoms with Gasteiger partial charge < -0.3 is 11.1 Å². The van der Waals surface area contributed by atoms with E-state index in [4.69, 9.17) is 5.73 Å². The van der Waals surface area contributed by atoms with Crippen LogP contribution in [0.3, 0.4) is 0 Å². The molecule has 1 rings (SSSR count). The van der Waals surface area contributed by atoms with E-state index in [9.17, 15) is 4.79 Å². The summed E-state index contributed by atoms with van der Waals surface area (Å²) in [6.45, 7) is 2.61. The Hall–Kier alpha value is -0.570. The van der Waals surface area contributed by atoms with Gasteiger partial charge in [0.1, 0.15) is 0 Å². The van der Waals surface area contributed by atoms with Crippen molar-refractivity contribution in [3.05, 3.63) is 0 Å². The fourth-order valence-corrected chi connectivity index (χ4v) is 2.19. The predicted molar refractivity (Wildman–Crippen MR) is 57.9 cm³/mol. The molecule has 3 N–H and O–H groups in total. The van der Waals surface area contributed by atoms with Gasteiger partial charge in [0, 0.05) is 13.0 Å². The second-order valence-electron chi connectivity index (χ2n) is 4.34. The van der Waals surface area contributed by atoms with E-state index in [2.05, 4.69) is 5.32 Å². The Morgan fingerprint density at radius 3 is 2.50 bits per heavy atom. The van der Waals surface area contributed by atoms with E-state index in [1.807, 2.05) is 6.92 Å². The highest BCUT2D eigenvalue weighted by atomic mass is 16.1. The highest BCUT2D eigenvalue weighted by molar-refractivity contribution is 5.76. The fraction of sp³-hybridized carbons (Fsp3) is 0.909. The highest BCUT2D eigenvalue weighted by Crippen LogP contribution is 2.27. The van der Waals surface area contributed by atoms with Gasteiger partial charge in [-0.05, 0) is 19.3 Å². The maximum Gasteiger partial charge on any atom is 0.220 e. The molecule has 0 spiro atoms. The van der Waals surface area contributed by atoms with E-state index in [-0.39, 0.29) is 11.4 Å². The molecule has 0 radical (unpaired) electrons. The zero-order valence-corrected chi connectivity index (χ0v) is 9.14. The van der Waals surface area contributed by atoms with Crippen molar-refractivity contribution < 1.29 is 4.79 Å². The van der Waals surface area contributed by atoms with E-state index in [1.54, 1.807) is 0 Å². The molecule has 1 aliphatic rings. The first-order valence-electron chi connectivity index (χ1n) is 5.73. The summed E-state index contributed by atoms with van der Waals surface area (Å²) in [6.07, 6.45) is 7.32. The van der Waals surface area contributed by atoms with Crippen molar-refractivity contribution in [2.24, 2.45) is 5.73 Å². The second kappa shape index (κ2) is 5.35. The Morgan fingerprint density at radius 1 is 1.36 bits per heavy atom. The summed E-state index contributed by atoms with van der Waals surface area (Å²) in [5.74, 6) is 0.167. The first-order valence-corrected chi connectivity index (χ1v) is 5.73.